The molecule has 0 saturated heterocycles. The molecular weight excluding hydrogens is 344 g/mol. The monoisotopic (exact) mass is 366 g/mol. The zero-order valence-corrected chi connectivity index (χ0v) is 15.4. The summed E-state index contributed by atoms with van der Waals surface area (Å²) in [5.41, 5.74) is 3.54. The number of carbonyl (C=O) groups is 1. The van der Waals surface area contributed by atoms with Gasteiger partial charge in [0, 0.05) is 6.54 Å². The first kappa shape index (κ1) is 18.6. The van der Waals surface area contributed by atoms with Crippen LogP contribution in [0.25, 0.3) is 5.69 Å². The van der Waals surface area contributed by atoms with Gasteiger partial charge in [-0.1, -0.05) is 30.3 Å². The number of hydrogen-bond donors (Lipinski definition) is 1. The number of rotatable bonds is 8. The van der Waals surface area contributed by atoms with Gasteiger partial charge >= 0.3 is 5.97 Å². The standard InChI is InChI=1S/C20H22N4O3/c1-15-19(23-24(22-15)17-8-4-3-5-9-17)14-27-18-10-6-7-16(11-18)12-21-13-20(25)26-2/h3-11,21H,12-14H2,1-2H3. The van der Waals surface area contributed by atoms with Crippen molar-refractivity contribution in [3.63, 3.8) is 0 Å². The lowest BCUT2D eigenvalue weighted by Crippen LogP contribution is -2.23. The van der Waals surface area contributed by atoms with Gasteiger partial charge in [0.25, 0.3) is 0 Å². The van der Waals surface area contributed by atoms with Gasteiger partial charge in [0.05, 0.1) is 25.0 Å². The molecule has 0 radical (unpaired) electrons. The maximum Gasteiger partial charge on any atom is 0.319 e. The molecule has 0 aliphatic carbocycles. The number of hydrogen-bond acceptors (Lipinski definition) is 6. The number of esters is 1. The number of para-hydroxylation sites is 1. The van der Waals surface area contributed by atoms with Crippen LogP contribution in [-0.2, 0) is 22.7 Å². The lowest BCUT2D eigenvalue weighted by atomic mass is 10.2. The number of aryl methyl sites for hydroxylation is 1. The minimum Gasteiger partial charge on any atom is -0.487 e. The highest BCUT2D eigenvalue weighted by atomic mass is 16.5. The highest BCUT2D eigenvalue weighted by molar-refractivity contribution is 5.71. The molecule has 1 N–H and O–H groups in total. The van der Waals surface area contributed by atoms with Crippen LogP contribution in [-0.4, -0.2) is 34.6 Å². The quantitative estimate of drug-likeness (QED) is 0.617. The predicted octanol–water partition coefficient (Wildman–Crippen LogP) is 2.42. The van der Waals surface area contributed by atoms with Crippen molar-refractivity contribution in [3.05, 3.63) is 71.5 Å². The normalized spacial score (nSPS) is 10.6. The third-order valence-electron chi connectivity index (χ3n) is 3.97. The van der Waals surface area contributed by atoms with Gasteiger partial charge in [-0.25, -0.2) is 0 Å². The summed E-state index contributed by atoms with van der Waals surface area (Å²) < 4.78 is 10.5. The Morgan fingerprint density at radius 1 is 1.11 bits per heavy atom. The second-order valence-electron chi connectivity index (χ2n) is 5.97. The van der Waals surface area contributed by atoms with Crippen LogP contribution < -0.4 is 10.1 Å². The van der Waals surface area contributed by atoms with E-state index in [4.69, 9.17) is 4.74 Å². The van der Waals surface area contributed by atoms with Crippen molar-refractivity contribution in [3.8, 4) is 11.4 Å². The third kappa shape index (κ3) is 5.15. The number of benzene rings is 2. The summed E-state index contributed by atoms with van der Waals surface area (Å²) >= 11 is 0. The fraction of sp³-hybridized carbons (Fsp3) is 0.250. The summed E-state index contributed by atoms with van der Waals surface area (Å²) in [5.74, 6) is 0.445. The van der Waals surface area contributed by atoms with Crippen LogP contribution in [0.5, 0.6) is 5.75 Å². The molecule has 3 aromatic rings. The number of nitrogens with zero attached hydrogens (tertiary/aromatic N) is 3. The van der Waals surface area contributed by atoms with E-state index < -0.39 is 0 Å². The van der Waals surface area contributed by atoms with Gasteiger partial charge in [0.1, 0.15) is 18.1 Å². The fourth-order valence-electron chi connectivity index (χ4n) is 2.50. The van der Waals surface area contributed by atoms with Crippen molar-refractivity contribution >= 4 is 5.97 Å². The highest BCUT2D eigenvalue weighted by Gasteiger charge is 2.09. The molecule has 2 aromatic carbocycles. The average Bonchev–Trinajstić information content (AvgIpc) is 3.08. The van der Waals surface area contributed by atoms with E-state index in [0.29, 0.717) is 13.2 Å². The molecule has 0 aliphatic rings. The molecule has 0 aliphatic heterocycles. The van der Waals surface area contributed by atoms with Gasteiger partial charge in [-0.15, -0.1) is 5.10 Å². The first-order valence-corrected chi connectivity index (χ1v) is 8.63. The van der Waals surface area contributed by atoms with E-state index in [9.17, 15) is 4.79 Å². The Morgan fingerprint density at radius 2 is 1.93 bits per heavy atom. The van der Waals surface area contributed by atoms with E-state index in [-0.39, 0.29) is 12.5 Å². The molecule has 140 valence electrons. The molecule has 0 bridgehead atoms. The van der Waals surface area contributed by atoms with Crippen molar-refractivity contribution in [1.82, 2.24) is 20.3 Å². The highest BCUT2D eigenvalue weighted by Crippen LogP contribution is 2.16. The number of nitrogens with one attached hydrogen (secondary N) is 1. The van der Waals surface area contributed by atoms with Gasteiger partial charge in [-0.2, -0.15) is 9.90 Å². The Balaban J connectivity index is 1.59. The minimum absolute atomic E-state index is 0.170. The summed E-state index contributed by atoms with van der Waals surface area (Å²) in [6, 6.07) is 17.5. The summed E-state index contributed by atoms with van der Waals surface area (Å²) in [4.78, 5) is 12.8. The number of ether oxygens (including phenoxy) is 2. The zero-order valence-electron chi connectivity index (χ0n) is 15.4. The van der Waals surface area contributed by atoms with Crippen molar-refractivity contribution in [2.75, 3.05) is 13.7 Å². The second kappa shape index (κ2) is 8.95. The van der Waals surface area contributed by atoms with Crippen LogP contribution in [0.15, 0.2) is 54.6 Å². The van der Waals surface area contributed by atoms with E-state index >= 15 is 0 Å². The first-order valence-electron chi connectivity index (χ1n) is 8.63. The summed E-state index contributed by atoms with van der Waals surface area (Å²) in [6.45, 7) is 2.97. The lowest BCUT2D eigenvalue weighted by molar-refractivity contribution is -0.139. The maximum absolute atomic E-state index is 11.1. The molecule has 0 spiro atoms. The van der Waals surface area contributed by atoms with Crippen LogP contribution in [0.2, 0.25) is 0 Å². The molecule has 3 rings (SSSR count). The summed E-state index contributed by atoms with van der Waals surface area (Å²) in [6.07, 6.45) is 0. The number of aromatic nitrogens is 3. The van der Waals surface area contributed by atoms with E-state index in [2.05, 4.69) is 20.3 Å². The van der Waals surface area contributed by atoms with Crippen molar-refractivity contribution < 1.29 is 14.3 Å². The Bertz CT molecular complexity index is 893. The average molecular weight is 366 g/mol. The maximum atomic E-state index is 11.1. The van der Waals surface area contributed by atoms with E-state index in [1.807, 2.05) is 61.5 Å². The van der Waals surface area contributed by atoms with Crippen molar-refractivity contribution in [1.29, 1.82) is 0 Å². The molecule has 7 nitrogen and oxygen atoms in total. The predicted molar refractivity (Wildman–Crippen MR) is 101 cm³/mol. The van der Waals surface area contributed by atoms with Gasteiger partial charge in [0.2, 0.25) is 0 Å². The van der Waals surface area contributed by atoms with Gasteiger partial charge in [-0.3, -0.25) is 4.79 Å². The van der Waals surface area contributed by atoms with E-state index in [1.54, 1.807) is 4.80 Å². The summed E-state index contributed by atoms with van der Waals surface area (Å²) in [7, 11) is 1.37. The largest absolute Gasteiger partial charge is 0.487 e. The van der Waals surface area contributed by atoms with Gasteiger partial charge in [-0.05, 0) is 36.8 Å². The topological polar surface area (TPSA) is 78.3 Å². The SMILES string of the molecule is COC(=O)CNCc1cccc(OCc2nn(-c3ccccc3)nc2C)c1. The Morgan fingerprint density at radius 3 is 2.70 bits per heavy atom. The Kier molecular flexibility index (Phi) is 6.17. The number of methoxy groups -OCH3 is 1. The third-order valence-corrected chi connectivity index (χ3v) is 3.97. The van der Waals surface area contributed by atoms with E-state index in [0.717, 1.165) is 28.4 Å². The zero-order chi connectivity index (χ0) is 19.1. The lowest BCUT2D eigenvalue weighted by Gasteiger charge is -2.08. The van der Waals surface area contributed by atoms with Crippen molar-refractivity contribution in [2.45, 2.75) is 20.1 Å². The summed E-state index contributed by atoms with van der Waals surface area (Å²) in [5, 5.41) is 12.0. The molecule has 1 heterocycles. The molecule has 27 heavy (non-hydrogen) atoms. The van der Waals surface area contributed by atoms with Crippen molar-refractivity contribution in [2.24, 2.45) is 0 Å². The van der Waals surface area contributed by atoms with E-state index in [1.165, 1.54) is 7.11 Å². The Hall–Kier alpha value is -3.19. The number of carbonyl (C=O) groups excluding carboxylic acids is 1. The van der Waals surface area contributed by atoms with Crippen LogP contribution in [0, 0.1) is 6.92 Å². The second-order valence-corrected chi connectivity index (χ2v) is 5.97. The molecule has 0 unspecified atom stereocenters. The first-order chi connectivity index (χ1) is 13.2. The molecule has 0 fully saturated rings. The van der Waals surface area contributed by atoms with Crippen LogP contribution >= 0.6 is 0 Å². The molecule has 0 atom stereocenters. The Labute approximate surface area is 157 Å². The van der Waals surface area contributed by atoms with Crippen LogP contribution in [0.3, 0.4) is 0 Å². The fourth-order valence-corrected chi connectivity index (χ4v) is 2.50. The van der Waals surface area contributed by atoms with Crippen LogP contribution in [0.1, 0.15) is 17.0 Å². The molecular formula is C20H22N4O3. The molecule has 0 saturated carbocycles. The molecule has 7 heteroatoms. The van der Waals surface area contributed by atoms with Gasteiger partial charge in [0.15, 0.2) is 0 Å². The molecule has 1 aromatic heterocycles. The molecule has 0 amide bonds. The smallest absolute Gasteiger partial charge is 0.319 e. The minimum atomic E-state index is -0.292. The van der Waals surface area contributed by atoms with Crippen LogP contribution in [0.4, 0.5) is 0 Å². The van der Waals surface area contributed by atoms with Gasteiger partial charge < -0.3 is 14.8 Å².